The average Bonchev–Trinajstić information content (AvgIpc) is 3.17. The maximum Gasteiger partial charge on any atom is 0.303 e. The Balaban J connectivity index is 1.55. The van der Waals surface area contributed by atoms with Crippen LogP contribution in [0.4, 0.5) is 10.1 Å². The van der Waals surface area contributed by atoms with Gasteiger partial charge in [-0.05, 0) is 66.5 Å². The number of carbonyl (C=O) groups is 2. The van der Waals surface area contributed by atoms with Gasteiger partial charge in [0.15, 0.2) is 0 Å². The second-order valence-corrected chi connectivity index (χ2v) is 8.37. The molecule has 2 aromatic carbocycles. The number of rotatable bonds is 3. The standard InChI is InChI=1S/C25H24FN3O2/c1-28-12-2-3-17-13-18(4-6-22(17)28)24(30)25(31)29-15-21(16-8-10-27-11-9-16)20-14-19(26)5-7-23(20)29/h4-8,13-15,27H,2-3,9-12H2,1H3/p+1. The maximum absolute atomic E-state index is 14.0. The molecule has 2 aliphatic rings. The highest BCUT2D eigenvalue weighted by Gasteiger charge is 2.25. The van der Waals surface area contributed by atoms with Gasteiger partial charge in [0.2, 0.25) is 0 Å². The molecule has 6 heteroatoms. The van der Waals surface area contributed by atoms with Crippen LogP contribution in [0.25, 0.3) is 16.5 Å². The number of nitrogens with zero attached hydrogens (tertiary/aromatic N) is 2. The van der Waals surface area contributed by atoms with Crippen molar-refractivity contribution in [2.24, 2.45) is 0 Å². The minimum absolute atomic E-state index is 0.355. The molecule has 0 radical (unpaired) electrons. The van der Waals surface area contributed by atoms with E-state index in [0.29, 0.717) is 16.5 Å². The Morgan fingerprint density at radius 3 is 2.77 bits per heavy atom. The van der Waals surface area contributed by atoms with Crippen LogP contribution in [0.5, 0.6) is 0 Å². The molecule has 3 aromatic rings. The van der Waals surface area contributed by atoms with E-state index in [-0.39, 0.29) is 5.82 Å². The van der Waals surface area contributed by atoms with Crippen LogP contribution in [0.2, 0.25) is 0 Å². The molecule has 0 atom stereocenters. The van der Waals surface area contributed by atoms with Gasteiger partial charge in [-0.3, -0.25) is 14.2 Å². The van der Waals surface area contributed by atoms with Crippen LogP contribution in [0.3, 0.4) is 0 Å². The lowest BCUT2D eigenvalue weighted by molar-refractivity contribution is -0.646. The molecule has 2 aliphatic heterocycles. The Labute approximate surface area is 180 Å². The number of halogens is 1. The van der Waals surface area contributed by atoms with Crippen LogP contribution >= 0.6 is 0 Å². The fraction of sp³-hybridized carbons (Fsp3) is 0.280. The molecule has 3 heterocycles. The molecular formula is C25H25FN3O2+. The molecule has 31 heavy (non-hydrogen) atoms. The zero-order chi connectivity index (χ0) is 21.5. The van der Waals surface area contributed by atoms with Crippen molar-refractivity contribution in [3.8, 4) is 0 Å². The molecule has 5 rings (SSSR count). The van der Waals surface area contributed by atoms with Crippen LogP contribution in [-0.2, 0) is 6.42 Å². The number of benzene rings is 2. The number of anilines is 1. The number of Topliss-reactive ketones (excluding diaryl/α,β-unsaturated/α-hetero) is 1. The van der Waals surface area contributed by atoms with Crippen molar-refractivity contribution in [2.45, 2.75) is 19.3 Å². The van der Waals surface area contributed by atoms with Gasteiger partial charge in [-0.2, -0.15) is 0 Å². The number of hydrogen-bond donors (Lipinski definition) is 1. The number of aromatic nitrogens is 1. The number of hydrogen-bond acceptors (Lipinski definition) is 3. The molecular weight excluding hydrogens is 393 g/mol. The van der Waals surface area contributed by atoms with E-state index in [1.807, 2.05) is 19.2 Å². The smallest absolute Gasteiger partial charge is 0.303 e. The van der Waals surface area contributed by atoms with Crippen LogP contribution < -0.4 is 10.2 Å². The molecule has 5 nitrogen and oxygen atoms in total. The Hall–Kier alpha value is -3.25. The summed E-state index contributed by atoms with van der Waals surface area (Å²) in [7, 11) is 2.04. The van der Waals surface area contributed by atoms with Gasteiger partial charge in [-0.15, -0.1) is 0 Å². The lowest BCUT2D eigenvalue weighted by Crippen LogP contribution is -2.84. The van der Waals surface area contributed by atoms with Gasteiger partial charge in [-0.1, -0.05) is 0 Å². The zero-order valence-corrected chi connectivity index (χ0v) is 17.5. The van der Waals surface area contributed by atoms with Crippen LogP contribution in [0.15, 0.2) is 48.7 Å². The largest absolute Gasteiger partial charge is 0.374 e. The molecule has 0 saturated carbocycles. The minimum Gasteiger partial charge on any atom is -0.374 e. The van der Waals surface area contributed by atoms with Crippen molar-refractivity contribution < 1.29 is 19.3 Å². The summed E-state index contributed by atoms with van der Waals surface area (Å²) in [5, 5.41) is 2.87. The number of aryl methyl sites for hydroxylation is 1. The highest BCUT2D eigenvalue weighted by molar-refractivity contribution is 6.44. The Kier molecular flexibility index (Phi) is 4.94. The second kappa shape index (κ2) is 7.78. The van der Waals surface area contributed by atoms with E-state index < -0.39 is 11.7 Å². The van der Waals surface area contributed by atoms with Crippen molar-refractivity contribution in [2.75, 3.05) is 31.6 Å². The molecule has 0 aliphatic carbocycles. The average molecular weight is 418 g/mol. The van der Waals surface area contributed by atoms with Gasteiger partial charge in [0, 0.05) is 48.4 Å². The minimum atomic E-state index is -0.616. The van der Waals surface area contributed by atoms with Crippen molar-refractivity contribution in [1.29, 1.82) is 0 Å². The number of quaternary nitrogens is 1. The van der Waals surface area contributed by atoms with Crippen LogP contribution in [0.1, 0.15) is 39.1 Å². The SMILES string of the molecule is CN1CCCc2cc(C(=O)C(=O)n3cc(C4=CC[NH2+]CC4)c4cc(F)ccc43)ccc21. The maximum atomic E-state index is 14.0. The predicted molar refractivity (Wildman–Crippen MR) is 119 cm³/mol. The van der Waals surface area contributed by atoms with E-state index >= 15 is 0 Å². The molecule has 0 spiro atoms. The van der Waals surface area contributed by atoms with E-state index in [0.717, 1.165) is 61.3 Å². The third-order valence-corrected chi connectivity index (χ3v) is 6.37. The summed E-state index contributed by atoms with van der Waals surface area (Å²) >= 11 is 0. The number of ketones is 1. The Morgan fingerprint density at radius 1 is 1.10 bits per heavy atom. The summed E-state index contributed by atoms with van der Waals surface area (Å²) in [6.07, 6.45) is 6.58. The van der Waals surface area contributed by atoms with Gasteiger partial charge in [0.25, 0.3) is 5.78 Å². The molecule has 0 unspecified atom stereocenters. The number of carbonyl (C=O) groups excluding carboxylic acids is 2. The highest BCUT2D eigenvalue weighted by atomic mass is 19.1. The van der Waals surface area contributed by atoms with Crippen LogP contribution in [0, 0.1) is 5.82 Å². The van der Waals surface area contributed by atoms with Crippen molar-refractivity contribution in [3.05, 3.63) is 71.2 Å². The summed E-state index contributed by atoms with van der Waals surface area (Å²) < 4.78 is 15.4. The molecule has 0 bridgehead atoms. The van der Waals surface area contributed by atoms with Crippen molar-refractivity contribution in [3.63, 3.8) is 0 Å². The van der Waals surface area contributed by atoms with E-state index in [1.165, 1.54) is 16.7 Å². The number of fused-ring (bicyclic) bond motifs is 2. The lowest BCUT2D eigenvalue weighted by atomic mass is 9.98. The highest BCUT2D eigenvalue weighted by Crippen LogP contribution is 2.31. The lowest BCUT2D eigenvalue weighted by Gasteiger charge is -2.27. The normalized spacial score (nSPS) is 16.2. The first-order valence-electron chi connectivity index (χ1n) is 10.8. The molecule has 2 N–H and O–H groups in total. The van der Waals surface area contributed by atoms with Crippen molar-refractivity contribution in [1.82, 2.24) is 4.57 Å². The van der Waals surface area contributed by atoms with E-state index in [9.17, 15) is 14.0 Å². The molecule has 158 valence electrons. The van der Waals surface area contributed by atoms with E-state index in [2.05, 4.69) is 16.3 Å². The van der Waals surface area contributed by atoms with Crippen molar-refractivity contribution >= 4 is 33.9 Å². The first-order valence-corrected chi connectivity index (χ1v) is 10.8. The number of nitrogens with two attached hydrogens (primary N) is 1. The quantitative estimate of drug-likeness (QED) is 0.525. The van der Waals surface area contributed by atoms with Gasteiger partial charge in [0.05, 0.1) is 18.6 Å². The van der Waals surface area contributed by atoms with Gasteiger partial charge in [0.1, 0.15) is 5.82 Å². The third-order valence-electron chi connectivity index (χ3n) is 6.37. The topological polar surface area (TPSA) is 58.9 Å². The predicted octanol–water partition coefficient (Wildman–Crippen LogP) is 3.04. The van der Waals surface area contributed by atoms with E-state index in [4.69, 9.17) is 0 Å². The van der Waals surface area contributed by atoms with Gasteiger partial charge < -0.3 is 10.2 Å². The summed E-state index contributed by atoms with van der Waals surface area (Å²) in [5.41, 5.74) is 5.08. The molecule has 1 aromatic heterocycles. The first kappa shape index (κ1) is 19.7. The second-order valence-electron chi connectivity index (χ2n) is 8.37. The Morgan fingerprint density at radius 2 is 1.97 bits per heavy atom. The van der Waals surface area contributed by atoms with Crippen LogP contribution in [-0.4, -0.2) is 42.9 Å². The zero-order valence-electron chi connectivity index (χ0n) is 17.5. The van der Waals surface area contributed by atoms with Gasteiger partial charge in [-0.25, -0.2) is 4.39 Å². The molecule has 0 saturated heterocycles. The summed E-state index contributed by atoms with van der Waals surface area (Å²) in [5.74, 6) is -1.52. The van der Waals surface area contributed by atoms with Gasteiger partial charge >= 0.3 is 5.91 Å². The monoisotopic (exact) mass is 418 g/mol. The third kappa shape index (κ3) is 3.47. The summed E-state index contributed by atoms with van der Waals surface area (Å²) in [6, 6.07) is 9.86. The summed E-state index contributed by atoms with van der Waals surface area (Å²) in [6.45, 7) is 2.79. The first-order chi connectivity index (χ1) is 15.0. The molecule has 0 amide bonds. The fourth-order valence-corrected chi connectivity index (χ4v) is 4.73. The summed E-state index contributed by atoms with van der Waals surface area (Å²) in [4.78, 5) is 28.6. The molecule has 0 fully saturated rings. The fourth-order valence-electron chi connectivity index (χ4n) is 4.73. The van der Waals surface area contributed by atoms with E-state index in [1.54, 1.807) is 18.3 Å². The Bertz CT molecular complexity index is 1240.